The molecule has 0 aliphatic heterocycles. The maximum atomic E-state index is 12.7. The van der Waals surface area contributed by atoms with Gasteiger partial charge in [0.1, 0.15) is 11.5 Å². The molecule has 9 heteroatoms. The number of carbonyl (C=O) groups is 2. The van der Waals surface area contributed by atoms with Gasteiger partial charge in [0.25, 0.3) is 11.5 Å². The zero-order valence-corrected chi connectivity index (χ0v) is 11.7. The highest BCUT2D eigenvalue weighted by Gasteiger charge is 2.12. The molecule has 0 spiro atoms. The van der Waals surface area contributed by atoms with Crippen LogP contribution in [0.2, 0.25) is 0 Å². The maximum absolute atomic E-state index is 12.7. The Hall–Kier alpha value is -3.23. The van der Waals surface area contributed by atoms with Gasteiger partial charge >= 0.3 is 11.7 Å². The Balaban J connectivity index is 1.84. The molecular formula is C14H12FN3O5. The number of hydrogen-bond donors (Lipinski definition) is 3. The number of carbonyl (C=O) groups excluding carboxylic acids is 2. The second-order valence-corrected chi connectivity index (χ2v) is 4.48. The molecule has 0 saturated carbocycles. The van der Waals surface area contributed by atoms with Gasteiger partial charge in [0.15, 0.2) is 6.61 Å². The lowest BCUT2D eigenvalue weighted by Crippen LogP contribution is -2.30. The third-order valence-electron chi connectivity index (χ3n) is 2.72. The highest BCUT2D eigenvalue weighted by molar-refractivity contribution is 5.89. The molecule has 1 heterocycles. The molecule has 0 bridgehead atoms. The zero-order valence-electron chi connectivity index (χ0n) is 11.7. The molecule has 1 aromatic heterocycles. The predicted octanol–water partition coefficient (Wildman–Crippen LogP) is -0.324. The van der Waals surface area contributed by atoms with Crippen LogP contribution in [0.15, 0.2) is 39.9 Å². The lowest BCUT2D eigenvalue weighted by atomic mass is 10.2. The molecule has 0 unspecified atom stereocenters. The summed E-state index contributed by atoms with van der Waals surface area (Å²) in [6, 6.07) is 6.36. The number of halogens is 1. The molecule has 120 valence electrons. The second kappa shape index (κ2) is 7.16. The Morgan fingerprint density at radius 3 is 2.48 bits per heavy atom. The van der Waals surface area contributed by atoms with Crippen molar-refractivity contribution in [3.05, 3.63) is 68.2 Å². The smallest absolute Gasteiger partial charge is 0.355 e. The molecule has 0 radical (unpaired) electrons. The quantitative estimate of drug-likeness (QED) is 0.651. The van der Waals surface area contributed by atoms with Crippen molar-refractivity contribution in [1.82, 2.24) is 15.3 Å². The number of aromatic nitrogens is 2. The Morgan fingerprint density at radius 2 is 1.83 bits per heavy atom. The van der Waals surface area contributed by atoms with E-state index in [-0.39, 0.29) is 18.1 Å². The molecule has 0 aliphatic carbocycles. The first kappa shape index (κ1) is 16.1. The fourth-order valence-electron chi connectivity index (χ4n) is 1.64. The average Bonchev–Trinajstić information content (AvgIpc) is 2.51. The lowest BCUT2D eigenvalue weighted by molar-refractivity contribution is -0.124. The van der Waals surface area contributed by atoms with Crippen LogP contribution >= 0.6 is 0 Å². The summed E-state index contributed by atoms with van der Waals surface area (Å²) in [7, 11) is 0. The first-order valence-corrected chi connectivity index (χ1v) is 6.46. The number of aromatic amines is 2. The van der Waals surface area contributed by atoms with Crippen molar-refractivity contribution in [1.29, 1.82) is 0 Å². The topological polar surface area (TPSA) is 121 Å². The first-order chi connectivity index (χ1) is 10.9. The Bertz CT molecular complexity index is 797. The molecule has 0 atom stereocenters. The highest BCUT2D eigenvalue weighted by atomic mass is 19.1. The molecule has 0 fully saturated rings. The average molecular weight is 321 g/mol. The third kappa shape index (κ3) is 4.92. The van der Waals surface area contributed by atoms with Gasteiger partial charge in [-0.15, -0.1) is 0 Å². The standard InChI is InChI=1S/C14H12FN3O5/c15-9-3-1-8(2-4-9)6-16-12(20)7-23-13(21)10-5-11(19)18-14(22)17-10/h1-5H,6-7H2,(H,16,20)(H2,17,18,19,22). The normalized spacial score (nSPS) is 10.1. The molecule has 2 aromatic rings. The van der Waals surface area contributed by atoms with Crippen LogP contribution in [0.4, 0.5) is 4.39 Å². The van der Waals surface area contributed by atoms with Gasteiger partial charge in [0.2, 0.25) is 0 Å². The molecule has 8 nitrogen and oxygen atoms in total. The molecule has 23 heavy (non-hydrogen) atoms. The van der Waals surface area contributed by atoms with Gasteiger partial charge in [-0.2, -0.15) is 0 Å². The van der Waals surface area contributed by atoms with E-state index < -0.39 is 29.7 Å². The van der Waals surface area contributed by atoms with Gasteiger partial charge in [-0.25, -0.2) is 14.0 Å². The van der Waals surface area contributed by atoms with Crippen molar-refractivity contribution >= 4 is 11.9 Å². The van der Waals surface area contributed by atoms with E-state index >= 15 is 0 Å². The van der Waals surface area contributed by atoms with E-state index in [1.165, 1.54) is 24.3 Å². The zero-order chi connectivity index (χ0) is 16.8. The minimum absolute atomic E-state index is 0.137. The van der Waals surface area contributed by atoms with Crippen LogP contribution in [0.5, 0.6) is 0 Å². The van der Waals surface area contributed by atoms with Crippen LogP contribution < -0.4 is 16.6 Å². The Labute approximate surface area is 128 Å². The summed E-state index contributed by atoms with van der Waals surface area (Å²) in [5.41, 5.74) is -1.30. The van der Waals surface area contributed by atoms with Crippen LogP contribution in [0.25, 0.3) is 0 Å². The van der Waals surface area contributed by atoms with Gasteiger partial charge in [-0.05, 0) is 17.7 Å². The number of benzene rings is 1. The Morgan fingerprint density at radius 1 is 1.13 bits per heavy atom. The summed E-state index contributed by atoms with van der Waals surface area (Å²) in [6.45, 7) is -0.451. The molecule has 3 N–H and O–H groups in total. The fraction of sp³-hybridized carbons (Fsp3) is 0.143. The van der Waals surface area contributed by atoms with Gasteiger partial charge in [0.05, 0.1) is 0 Å². The summed E-state index contributed by atoms with van der Waals surface area (Å²) in [4.78, 5) is 49.2. The van der Waals surface area contributed by atoms with E-state index in [4.69, 9.17) is 0 Å². The minimum Gasteiger partial charge on any atom is -0.451 e. The van der Waals surface area contributed by atoms with E-state index in [0.717, 1.165) is 6.07 Å². The number of ether oxygens (including phenoxy) is 1. The number of H-pyrrole nitrogens is 2. The first-order valence-electron chi connectivity index (χ1n) is 6.46. The number of esters is 1. The largest absolute Gasteiger partial charge is 0.451 e. The van der Waals surface area contributed by atoms with Gasteiger partial charge < -0.3 is 15.0 Å². The molecular weight excluding hydrogens is 309 g/mol. The highest BCUT2D eigenvalue weighted by Crippen LogP contribution is 2.02. The van der Waals surface area contributed by atoms with E-state index in [2.05, 4.69) is 15.0 Å². The van der Waals surface area contributed by atoms with Crippen molar-refractivity contribution < 1.29 is 18.7 Å². The van der Waals surface area contributed by atoms with Crippen LogP contribution in [0.3, 0.4) is 0 Å². The van der Waals surface area contributed by atoms with Crippen LogP contribution in [-0.2, 0) is 16.1 Å². The summed E-state index contributed by atoms with van der Waals surface area (Å²) in [5, 5.41) is 2.47. The van der Waals surface area contributed by atoms with Crippen molar-refractivity contribution in [3.63, 3.8) is 0 Å². The molecule has 2 rings (SSSR count). The molecule has 0 aliphatic rings. The minimum atomic E-state index is -1.01. The van der Waals surface area contributed by atoms with E-state index in [1.807, 2.05) is 4.98 Å². The second-order valence-electron chi connectivity index (χ2n) is 4.48. The SMILES string of the molecule is O=C(COC(=O)c1cc(=O)[nH]c(=O)[nH]1)NCc1ccc(F)cc1. The number of rotatable bonds is 5. The summed E-state index contributed by atoms with van der Waals surface area (Å²) >= 11 is 0. The van der Waals surface area contributed by atoms with Crippen molar-refractivity contribution in [2.24, 2.45) is 0 Å². The summed E-state index contributed by atoms with van der Waals surface area (Å²) in [6.07, 6.45) is 0. The number of amides is 1. The summed E-state index contributed by atoms with van der Waals surface area (Å²) < 4.78 is 17.4. The van der Waals surface area contributed by atoms with Gasteiger partial charge in [-0.3, -0.25) is 14.6 Å². The molecule has 1 amide bonds. The van der Waals surface area contributed by atoms with Gasteiger partial charge in [0, 0.05) is 12.6 Å². The van der Waals surface area contributed by atoms with Crippen molar-refractivity contribution in [2.75, 3.05) is 6.61 Å². The molecule has 1 aromatic carbocycles. The fourth-order valence-corrected chi connectivity index (χ4v) is 1.64. The monoisotopic (exact) mass is 321 g/mol. The van der Waals surface area contributed by atoms with E-state index in [1.54, 1.807) is 0 Å². The van der Waals surface area contributed by atoms with Gasteiger partial charge in [-0.1, -0.05) is 12.1 Å². The summed E-state index contributed by atoms with van der Waals surface area (Å²) in [5.74, 6) is -1.99. The van der Waals surface area contributed by atoms with E-state index in [9.17, 15) is 23.6 Å². The third-order valence-corrected chi connectivity index (χ3v) is 2.72. The number of hydrogen-bond acceptors (Lipinski definition) is 5. The van der Waals surface area contributed by atoms with Crippen LogP contribution in [0.1, 0.15) is 16.1 Å². The van der Waals surface area contributed by atoms with E-state index in [0.29, 0.717) is 5.56 Å². The maximum Gasteiger partial charge on any atom is 0.355 e. The number of nitrogens with one attached hydrogen (secondary N) is 3. The van der Waals surface area contributed by atoms with Crippen LogP contribution in [0, 0.1) is 5.82 Å². The predicted molar refractivity (Wildman–Crippen MR) is 76.2 cm³/mol. The lowest BCUT2D eigenvalue weighted by Gasteiger charge is -2.06. The Kier molecular flexibility index (Phi) is 5.03. The van der Waals surface area contributed by atoms with Crippen LogP contribution in [-0.4, -0.2) is 28.5 Å². The van der Waals surface area contributed by atoms with Crippen molar-refractivity contribution in [3.8, 4) is 0 Å². The molecule has 0 saturated heterocycles. The van der Waals surface area contributed by atoms with Crippen molar-refractivity contribution in [2.45, 2.75) is 6.54 Å².